The third-order valence-electron chi connectivity index (χ3n) is 5.66. The minimum Gasteiger partial charge on any atom is -0.508 e. The Morgan fingerprint density at radius 1 is 1.16 bits per heavy atom. The Morgan fingerprint density at radius 3 is 2.59 bits per heavy atom. The van der Waals surface area contributed by atoms with Gasteiger partial charge in [0.25, 0.3) is 5.91 Å². The maximum absolute atomic E-state index is 12.8. The van der Waals surface area contributed by atoms with Crippen LogP contribution in [0.1, 0.15) is 48.5 Å². The van der Waals surface area contributed by atoms with Gasteiger partial charge in [-0.15, -0.1) is 5.10 Å². The molecular weight excluding hydrogens is 410 g/mol. The molecule has 1 atom stereocenters. The van der Waals surface area contributed by atoms with Crippen LogP contribution >= 0.6 is 0 Å². The van der Waals surface area contributed by atoms with Crippen LogP contribution in [-0.4, -0.2) is 55.4 Å². The molecule has 1 aliphatic heterocycles. The second-order valence-corrected chi connectivity index (χ2v) is 8.33. The minimum atomic E-state index is -0.346. The van der Waals surface area contributed by atoms with E-state index in [1.54, 1.807) is 18.2 Å². The summed E-state index contributed by atoms with van der Waals surface area (Å²) in [5.41, 5.74) is 2.36. The molecular formula is C23H27N5O4. The number of benzene rings is 2. The minimum absolute atomic E-state index is 0.00624. The zero-order valence-electron chi connectivity index (χ0n) is 18.1. The van der Waals surface area contributed by atoms with Crippen LogP contribution in [0.2, 0.25) is 0 Å². The van der Waals surface area contributed by atoms with Gasteiger partial charge in [-0.3, -0.25) is 4.79 Å². The molecule has 1 fully saturated rings. The van der Waals surface area contributed by atoms with Gasteiger partial charge in [-0.05, 0) is 54.7 Å². The fourth-order valence-corrected chi connectivity index (χ4v) is 3.91. The molecule has 2 heterocycles. The monoisotopic (exact) mass is 437 g/mol. The zero-order valence-corrected chi connectivity index (χ0v) is 18.1. The van der Waals surface area contributed by atoms with Crippen LogP contribution in [0.3, 0.4) is 0 Å². The number of amides is 1. The maximum atomic E-state index is 12.8. The average molecular weight is 438 g/mol. The van der Waals surface area contributed by atoms with Gasteiger partial charge in [0.15, 0.2) is 5.82 Å². The molecule has 0 bridgehead atoms. The lowest BCUT2D eigenvalue weighted by Gasteiger charge is -2.32. The summed E-state index contributed by atoms with van der Waals surface area (Å²) in [4.78, 5) is 14.9. The Labute approximate surface area is 185 Å². The van der Waals surface area contributed by atoms with Crippen LogP contribution < -0.4 is 10.2 Å². The van der Waals surface area contributed by atoms with E-state index in [0.717, 1.165) is 25.1 Å². The number of β-amino-alcohol motifs (C(OH)–C–C–N with tert-alkyl or cyclic N) is 1. The van der Waals surface area contributed by atoms with Gasteiger partial charge in [-0.2, -0.15) is 4.68 Å². The standard InChI is InChI=1S/C23H27N5O4/c1-14(2)18-10-19(21(31)11-20(18)30)28-22(12-24-26-28)25-23(32)15-5-7-16(8-6-15)27-9-3-4-17(29)13-27/h5-8,10-12,14,17,29-31H,3-4,9,13H2,1-2H3,(H,25,32). The van der Waals surface area contributed by atoms with Crippen molar-refractivity contribution in [3.63, 3.8) is 0 Å². The normalized spacial score (nSPS) is 16.4. The second kappa shape index (κ2) is 8.88. The van der Waals surface area contributed by atoms with Gasteiger partial charge in [-0.25, -0.2) is 0 Å². The summed E-state index contributed by atoms with van der Waals surface area (Å²) >= 11 is 0. The number of aromatic nitrogens is 3. The fourth-order valence-electron chi connectivity index (χ4n) is 3.91. The first-order valence-electron chi connectivity index (χ1n) is 10.6. The number of nitrogens with one attached hydrogen (secondary N) is 1. The number of piperidine rings is 1. The number of hydrogen-bond acceptors (Lipinski definition) is 7. The van der Waals surface area contributed by atoms with E-state index in [9.17, 15) is 20.1 Å². The van der Waals surface area contributed by atoms with Crippen molar-refractivity contribution in [1.82, 2.24) is 15.0 Å². The number of hydrogen-bond donors (Lipinski definition) is 4. The number of aromatic hydroxyl groups is 2. The number of nitrogens with zero attached hydrogens (tertiary/aromatic N) is 4. The van der Waals surface area contributed by atoms with Crippen molar-refractivity contribution in [2.24, 2.45) is 0 Å². The van der Waals surface area contributed by atoms with Gasteiger partial charge in [0.05, 0.1) is 12.3 Å². The molecule has 1 unspecified atom stereocenters. The molecule has 32 heavy (non-hydrogen) atoms. The van der Waals surface area contributed by atoms with Gasteiger partial charge in [0.2, 0.25) is 0 Å². The van der Waals surface area contributed by atoms with Crippen LogP contribution in [0.4, 0.5) is 11.5 Å². The van der Waals surface area contributed by atoms with Crippen LogP contribution in [0.15, 0.2) is 42.6 Å². The zero-order chi connectivity index (χ0) is 22.8. The van der Waals surface area contributed by atoms with E-state index in [1.807, 2.05) is 26.0 Å². The van der Waals surface area contributed by atoms with E-state index in [2.05, 4.69) is 20.5 Å². The fraction of sp³-hybridized carbons (Fsp3) is 0.348. The molecule has 2 aromatic carbocycles. The molecule has 1 amide bonds. The highest BCUT2D eigenvalue weighted by Gasteiger charge is 2.20. The van der Waals surface area contributed by atoms with Crippen molar-refractivity contribution in [2.75, 3.05) is 23.3 Å². The Kier molecular flexibility index (Phi) is 6.00. The molecule has 1 saturated heterocycles. The lowest BCUT2D eigenvalue weighted by atomic mass is 10.0. The Morgan fingerprint density at radius 2 is 1.91 bits per heavy atom. The predicted octanol–water partition coefficient (Wildman–Crippen LogP) is 3.02. The number of phenolic OH excluding ortho intramolecular Hbond substituents is 2. The van der Waals surface area contributed by atoms with Crippen molar-refractivity contribution in [1.29, 1.82) is 0 Å². The number of carbonyl (C=O) groups excluding carboxylic acids is 1. The molecule has 168 valence electrons. The average Bonchev–Trinajstić information content (AvgIpc) is 3.21. The van der Waals surface area contributed by atoms with Crippen molar-refractivity contribution in [3.8, 4) is 17.2 Å². The van der Waals surface area contributed by atoms with E-state index in [0.29, 0.717) is 23.4 Å². The molecule has 4 rings (SSSR count). The molecule has 9 heteroatoms. The molecule has 4 N–H and O–H groups in total. The summed E-state index contributed by atoms with van der Waals surface area (Å²) in [7, 11) is 0. The van der Waals surface area contributed by atoms with Crippen LogP contribution in [0.5, 0.6) is 11.5 Å². The highest BCUT2D eigenvalue weighted by Crippen LogP contribution is 2.35. The first-order chi connectivity index (χ1) is 15.3. The van der Waals surface area contributed by atoms with Gasteiger partial charge >= 0.3 is 0 Å². The third-order valence-corrected chi connectivity index (χ3v) is 5.66. The van der Waals surface area contributed by atoms with E-state index in [-0.39, 0.29) is 35.2 Å². The second-order valence-electron chi connectivity index (χ2n) is 8.33. The maximum Gasteiger partial charge on any atom is 0.256 e. The molecule has 0 radical (unpaired) electrons. The molecule has 1 aromatic heterocycles. The summed E-state index contributed by atoms with van der Waals surface area (Å²) in [6.45, 7) is 5.31. The van der Waals surface area contributed by atoms with Gasteiger partial charge in [0.1, 0.15) is 17.2 Å². The number of carbonyl (C=O) groups is 1. The van der Waals surface area contributed by atoms with Crippen molar-refractivity contribution >= 4 is 17.4 Å². The SMILES string of the molecule is CC(C)c1cc(-n2nncc2NC(=O)c2ccc(N3CCCC(O)C3)cc2)c(O)cc1O. The summed E-state index contributed by atoms with van der Waals surface area (Å²) < 4.78 is 1.32. The molecule has 0 spiro atoms. The largest absolute Gasteiger partial charge is 0.508 e. The lowest BCUT2D eigenvalue weighted by Crippen LogP contribution is -2.38. The van der Waals surface area contributed by atoms with Crippen LogP contribution in [-0.2, 0) is 0 Å². The van der Waals surface area contributed by atoms with Gasteiger partial charge in [0, 0.05) is 30.4 Å². The Hall–Kier alpha value is -3.59. The number of anilines is 2. The van der Waals surface area contributed by atoms with Crippen molar-refractivity contribution < 1.29 is 20.1 Å². The van der Waals surface area contributed by atoms with Crippen molar-refractivity contribution in [2.45, 2.75) is 38.7 Å². The van der Waals surface area contributed by atoms with E-state index in [1.165, 1.54) is 16.9 Å². The molecule has 0 saturated carbocycles. The van der Waals surface area contributed by atoms with Gasteiger partial charge < -0.3 is 25.5 Å². The third kappa shape index (κ3) is 4.38. The molecule has 1 aliphatic rings. The van der Waals surface area contributed by atoms with E-state index in [4.69, 9.17) is 0 Å². The van der Waals surface area contributed by atoms with Crippen LogP contribution in [0.25, 0.3) is 5.69 Å². The highest BCUT2D eigenvalue weighted by atomic mass is 16.3. The quantitative estimate of drug-likeness (QED) is 0.484. The van der Waals surface area contributed by atoms with Crippen molar-refractivity contribution in [3.05, 3.63) is 53.7 Å². The first kappa shape index (κ1) is 21.6. The predicted molar refractivity (Wildman–Crippen MR) is 121 cm³/mol. The number of aliphatic hydroxyl groups is 1. The van der Waals surface area contributed by atoms with Gasteiger partial charge in [-0.1, -0.05) is 19.1 Å². The number of aliphatic hydroxyl groups excluding tert-OH is 1. The summed E-state index contributed by atoms with van der Waals surface area (Å²) in [5, 5.41) is 40.9. The smallest absolute Gasteiger partial charge is 0.256 e. The molecule has 0 aliphatic carbocycles. The summed E-state index contributed by atoms with van der Waals surface area (Å²) in [6, 6.07) is 10.1. The number of rotatable bonds is 5. The Balaban J connectivity index is 1.54. The number of phenols is 2. The highest BCUT2D eigenvalue weighted by molar-refractivity contribution is 6.04. The summed E-state index contributed by atoms with van der Waals surface area (Å²) in [5.74, 6) is -0.222. The van der Waals surface area contributed by atoms with E-state index < -0.39 is 0 Å². The topological polar surface area (TPSA) is 124 Å². The van der Waals surface area contributed by atoms with E-state index >= 15 is 0 Å². The van der Waals surface area contributed by atoms with Crippen LogP contribution in [0, 0.1) is 0 Å². The molecule has 3 aromatic rings. The first-order valence-corrected chi connectivity index (χ1v) is 10.6. The summed E-state index contributed by atoms with van der Waals surface area (Å²) in [6.07, 6.45) is 2.81. The molecule has 9 nitrogen and oxygen atoms in total. The lowest BCUT2D eigenvalue weighted by molar-refractivity contribution is 0.102. The Bertz CT molecular complexity index is 1110.